The second-order valence-corrected chi connectivity index (χ2v) is 5.24. The van der Waals surface area contributed by atoms with Gasteiger partial charge in [-0.25, -0.2) is 0 Å². The average Bonchev–Trinajstić information content (AvgIpc) is 3.11. The molecule has 0 aliphatic heterocycles. The number of Topliss-reactive ketones (excluding diaryl/α,β-unsaturated/α-hetero) is 2. The Labute approximate surface area is 101 Å². The van der Waals surface area contributed by atoms with Crippen molar-refractivity contribution in [2.45, 2.75) is 38.0 Å². The summed E-state index contributed by atoms with van der Waals surface area (Å²) < 4.78 is 0. The lowest BCUT2D eigenvalue weighted by Gasteiger charge is -2.08. The quantitative estimate of drug-likeness (QED) is 0.745. The standard InChI is InChI=1S/C15H16O2/c16-14-7-6-13(9-14)15(17)12-3-1-2-11(8-12)10-4-5-10/h1-3,8,10,13H,4-7,9H2. The zero-order valence-electron chi connectivity index (χ0n) is 9.82. The maximum atomic E-state index is 12.2. The van der Waals surface area contributed by atoms with Crippen molar-refractivity contribution in [3.05, 3.63) is 35.4 Å². The molecule has 2 saturated carbocycles. The lowest BCUT2D eigenvalue weighted by atomic mass is 9.94. The minimum Gasteiger partial charge on any atom is -0.300 e. The molecule has 0 aromatic heterocycles. The third kappa shape index (κ3) is 2.17. The molecule has 2 nitrogen and oxygen atoms in total. The number of hydrogen-bond acceptors (Lipinski definition) is 2. The van der Waals surface area contributed by atoms with Gasteiger partial charge in [-0.3, -0.25) is 9.59 Å². The van der Waals surface area contributed by atoms with E-state index in [1.54, 1.807) is 0 Å². The maximum Gasteiger partial charge on any atom is 0.166 e. The Morgan fingerprint density at radius 2 is 2.00 bits per heavy atom. The number of benzene rings is 1. The second kappa shape index (κ2) is 4.10. The second-order valence-electron chi connectivity index (χ2n) is 5.24. The van der Waals surface area contributed by atoms with Crippen LogP contribution in [0.15, 0.2) is 24.3 Å². The van der Waals surface area contributed by atoms with E-state index >= 15 is 0 Å². The van der Waals surface area contributed by atoms with Crippen LogP contribution in [-0.2, 0) is 4.79 Å². The molecule has 1 aromatic carbocycles. The first-order valence-electron chi connectivity index (χ1n) is 6.40. The molecule has 0 saturated heterocycles. The van der Waals surface area contributed by atoms with Crippen molar-refractivity contribution in [2.24, 2.45) is 5.92 Å². The van der Waals surface area contributed by atoms with Crippen LogP contribution in [0.1, 0.15) is 53.9 Å². The van der Waals surface area contributed by atoms with Gasteiger partial charge >= 0.3 is 0 Å². The van der Waals surface area contributed by atoms with E-state index < -0.39 is 0 Å². The summed E-state index contributed by atoms with van der Waals surface area (Å²) in [7, 11) is 0. The highest BCUT2D eigenvalue weighted by molar-refractivity contribution is 6.01. The van der Waals surface area contributed by atoms with Gasteiger partial charge < -0.3 is 0 Å². The summed E-state index contributed by atoms with van der Waals surface area (Å²) in [6.07, 6.45) is 4.27. The number of hydrogen-bond donors (Lipinski definition) is 0. The van der Waals surface area contributed by atoms with Crippen LogP contribution in [0.2, 0.25) is 0 Å². The van der Waals surface area contributed by atoms with Crippen molar-refractivity contribution in [3.63, 3.8) is 0 Å². The van der Waals surface area contributed by atoms with Gasteiger partial charge in [0.25, 0.3) is 0 Å². The predicted molar refractivity (Wildman–Crippen MR) is 65.1 cm³/mol. The van der Waals surface area contributed by atoms with E-state index in [1.807, 2.05) is 18.2 Å². The molecule has 17 heavy (non-hydrogen) atoms. The SMILES string of the molecule is O=C1CCC(C(=O)c2cccc(C3CC3)c2)C1. The van der Waals surface area contributed by atoms with Crippen LogP contribution in [0.3, 0.4) is 0 Å². The highest BCUT2D eigenvalue weighted by atomic mass is 16.1. The minimum atomic E-state index is -0.0584. The molecule has 0 amide bonds. The molecule has 2 aliphatic rings. The summed E-state index contributed by atoms with van der Waals surface area (Å²) in [5.41, 5.74) is 2.09. The van der Waals surface area contributed by atoms with Gasteiger partial charge in [-0.05, 0) is 36.8 Å². The number of rotatable bonds is 3. The van der Waals surface area contributed by atoms with Crippen LogP contribution in [0.25, 0.3) is 0 Å². The van der Waals surface area contributed by atoms with E-state index in [0.29, 0.717) is 18.8 Å². The molecule has 0 radical (unpaired) electrons. The Balaban J connectivity index is 1.80. The zero-order chi connectivity index (χ0) is 11.8. The van der Waals surface area contributed by atoms with Crippen LogP contribution >= 0.6 is 0 Å². The molecule has 2 heteroatoms. The fourth-order valence-corrected chi connectivity index (χ4v) is 2.64. The molecule has 0 spiro atoms. The number of ketones is 2. The molecule has 1 unspecified atom stereocenters. The summed E-state index contributed by atoms with van der Waals surface area (Å²) in [4.78, 5) is 23.5. The monoisotopic (exact) mass is 228 g/mol. The highest BCUT2D eigenvalue weighted by Crippen LogP contribution is 2.40. The Hall–Kier alpha value is -1.44. The lowest BCUT2D eigenvalue weighted by Crippen LogP contribution is -2.12. The van der Waals surface area contributed by atoms with Gasteiger partial charge in [0.2, 0.25) is 0 Å². The van der Waals surface area contributed by atoms with E-state index in [4.69, 9.17) is 0 Å². The smallest absolute Gasteiger partial charge is 0.166 e. The van der Waals surface area contributed by atoms with Crippen LogP contribution in [0.5, 0.6) is 0 Å². The fourth-order valence-electron chi connectivity index (χ4n) is 2.64. The molecular weight excluding hydrogens is 212 g/mol. The molecule has 2 aliphatic carbocycles. The average molecular weight is 228 g/mol. The van der Waals surface area contributed by atoms with Crippen LogP contribution in [0.4, 0.5) is 0 Å². The van der Waals surface area contributed by atoms with Crippen molar-refractivity contribution < 1.29 is 9.59 Å². The van der Waals surface area contributed by atoms with Crippen molar-refractivity contribution in [1.29, 1.82) is 0 Å². The Kier molecular flexibility index (Phi) is 2.58. The minimum absolute atomic E-state index is 0.0584. The molecule has 2 fully saturated rings. The van der Waals surface area contributed by atoms with Gasteiger partial charge in [0.1, 0.15) is 5.78 Å². The van der Waals surface area contributed by atoms with E-state index in [0.717, 1.165) is 12.0 Å². The summed E-state index contributed by atoms with van der Waals surface area (Å²) >= 11 is 0. The molecule has 3 rings (SSSR count). The first kappa shape index (κ1) is 10.7. The van der Waals surface area contributed by atoms with Gasteiger partial charge in [-0.1, -0.05) is 18.2 Å². The highest BCUT2D eigenvalue weighted by Gasteiger charge is 2.30. The lowest BCUT2D eigenvalue weighted by molar-refractivity contribution is -0.117. The molecule has 88 valence electrons. The summed E-state index contributed by atoms with van der Waals surface area (Å²) in [5, 5.41) is 0. The normalized spacial score (nSPS) is 24.0. The predicted octanol–water partition coefficient (Wildman–Crippen LogP) is 3.12. The molecule has 1 atom stereocenters. The molecule has 1 aromatic rings. The third-order valence-electron chi connectivity index (χ3n) is 3.84. The number of carbonyl (C=O) groups is 2. The Morgan fingerprint density at radius 1 is 1.18 bits per heavy atom. The molecule has 0 N–H and O–H groups in total. The van der Waals surface area contributed by atoms with Crippen LogP contribution in [0, 0.1) is 5.92 Å². The molecular formula is C15H16O2. The van der Waals surface area contributed by atoms with Gasteiger partial charge in [-0.2, -0.15) is 0 Å². The first-order chi connectivity index (χ1) is 8.24. The maximum absolute atomic E-state index is 12.2. The van der Waals surface area contributed by atoms with Crippen molar-refractivity contribution in [3.8, 4) is 0 Å². The zero-order valence-corrected chi connectivity index (χ0v) is 9.82. The fraction of sp³-hybridized carbons (Fsp3) is 0.467. The topological polar surface area (TPSA) is 34.1 Å². The largest absolute Gasteiger partial charge is 0.300 e. The van der Waals surface area contributed by atoms with Gasteiger partial charge in [0, 0.05) is 24.3 Å². The Bertz CT molecular complexity index is 472. The molecule has 0 heterocycles. The Morgan fingerprint density at radius 3 is 2.65 bits per heavy atom. The van der Waals surface area contributed by atoms with Gasteiger partial charge in [-0.15, -0.1) is 0 Å². The van der Waals surface area contributed by atoms with Crippen LogP contribution in [-0.4, -0.2) is 11.6 Å². The van der Waals surface area contributed by atoms with Crippen molar-refractivity contribution >= 4 is 11.6 Å². The number of carbonyl (C=O) groups excluding carboxylic acids is 2. The first-order valence-corrected chi connectivity index (χ1v) is 6.40. The van der Waals surface area contributed by atoms with Crippen LogP contribution < -0.4 is 0 Å². The van der Waals surface area contributed by atoms with E-state index in [1.165, 1.54) is 18.4 Å². The summed E-state index contributed by atoms with van der Waals surface area (Å²) in [6.45, 7) is 0. The van der Waals surface area contributed by atoms with E-state index in [9.17, 15) is 9.59 Å². The van der Waals surface area contributed by atoms with Gasteiger partial charge in [0.05, 0.1) is 0 Å². The summed E-state index contributed by atoms with van der Waals surface area (Å²) in [6, 6.07) is 7.99. The molecule has 0 bridgehead atoms. The summed E-state index contributed by atoms with van der Waals surface area (Å²) in [5.74, 6) is 1.02. The third-order valence-corrected chi connectivity index (χ3v) is 3.84. The van der Waals surface area contributed by atoms with E-state index in [2.05, 4.69) is 6.07 Å². The van der Waals surface area contributed by atoms with Gasteiger partial charge in [0.15, 0.2) is 5.78 Å². The van der Waals surface area contributed by atoms with Crippen molar-refractivity contribution in [1.82, 2.24) is 0 Å². The van der Waals surface area contributed by atoms with E-state index in [-0.39, 0.29) is 17.5 Å². The van der Waals surface area contributed by atoms with Crippen molar-refractivity contribution in [2.75, 3.05) is 0 Å².